The van der Waals surface area contributed by atoms with Gasteiger partial charge in [-0.2, -0.15) is 5.10 Å². The van der Waals surface area contributed by atoms with Gasteiger partial charge in [0, 0.05) is 30.6 Å². The lowest BCUT2D eigenvalue weighted by Crippen LogP contribution is -1.97. The topological polar surface area (TPSA) is 66.0 Å². The van der Waals surface area contributed by atoms with Crippen LogP contribution < -0.4 is 10.5 Å². The lowest BCUT2D eigenvalue weighted by Gasteiger charge is -2.08. The Labute approximate surface area is 93.9 Å². The molecule has 16 heavy (non-hydrogen) atoms. The quantitative estimate of drug-likeness (QED) is 0.827. The van der Waals surface area contributed by atoms with Gasteiger partial charge in [-0.3, -0.25) is 4.68 Å². The molecule has 0 saturated carbocycles. The van der Waals surface area contributed by atoms with Gasteiger partial charge in [0.25, 0.3) is 0 Å². The maximum Gasteiger partial charge on any atom is 0.168 e. The van der Waals surface area contributed by atoms with Crippen molar-refractivity contribution in [3.05, 3.63) is 24.2 Å². The number of hydrogen-bond acceptors (Lipinski definition) is 4. The molecule has 2 aromatic rings. The first-order valence-electron chi connectivity index (χ1n) is 4.92. The molecule has 2 N–H and O–H groups in total. The molecule has 0 aliphatic heterocycles. The minimum Gasteiger partial charge on any atom is -0.492 e. The maximum absolute atomic E-state index is 5.76. The highest BCUT2D eigenvalue weighted by Crippen LogP contribution is 2.34. The van der Waals surface area contributed by atoms with Crippen LogP contribution >= 0.6 is 0 Å². The Bertz CT molecular complexity index is 519. The van der Waals surface area contributed by atoms with Crippen LogP contribution in [0.5, 0.6) is 5.75 Å². The monoisotopic (exact) mass is 218 g/mol. The van der Waals surface area contributed by atoms with Gasteiger partial charge in [0.2, 0.25) is 0 Å². The van der Waals surface area contributed by atoms with Crippen molar-refractivity contribution in [1.82, 2.24) is 14.8 Å². The van der Waals surface area contributed by atoms with E-state index in [1.54, 1.807) is 18.0 Å². The van der Waals surface area contributed by atoms with Crippen molar-refractivity contribution in [2.45, 2.75) is 6.92 Å². The van der Waals surface area contributed by atoms with E-state index in [-0.39, 0.29) is 0 Å². The zero-order chi connectivity index (χ0) is 11.7. The molecule has 0 amide bonds. The number of methoxy groups -OCH3 is 1. The summed E-state index contributed by atoms with van der Waals surface area (Å²) >= 11 is 0. The van der Waals surface area contributed by atoms with Gasteiger partial charge in [-0.25, -0.2) is 4.98 Å². The minimum absolute atomic E-state index is 0.392. The lowest BCUT2D eigenvalue weighted by atomic mass is 10.1. The second-order valence-electron chi connectivity index (χ2n) is 3.58. The summed E-state index contributed by atoms with van der Waals surface area (Å²) in [5.74, 6) is 0.988. The second-order valence-corrected chi connectivity index (χ2v) is 3.58. The first-order chi connectivity index (χ1) is 7.63. The van der Waals surface area contributed by atoms with E-state index in [0.717, 1.165) is 16.8 Å². The third-order valence-corrected chi connectivity index (χ3v) is 2.44. The summed E-state index contributed by atoms with van der Waals surface area (Å²) < 4.78 is 7.03. The highest BCUT2D eigenvalue weighted by Gasteiger charge is 2.13. The summed E-state index contributed by atoms with van der Waals surface area (Å²) in [4.78, 5) is 4.00. The molecule has 2 aromatic heterocycles. The normalized spacial score (nSPS) is 10.4. The summed E-state index contributed by atoms with van der Waals surface area (Å²) in [5.41, 5.74) is 8.62. The smallest absolute Gasteiger partial charge is 0.168 e. The number of pyridine rings is 1. The van der Waals surface area contributed by atoms with E-state index in [1.165, 1.54) is 0 Å². The van der Waals surface area contributed by atoms with Gasteiger partial charge in [-0.05, 0) is 13.0 Å². The van der Waals surface area contributed by atoms with Crippen LogP contribution in [0.4, 0.5) is 5.82 Å². The Balaban J connectivity index is 2.64. The number of nitrogens with zero attached hydrogens (tertiary/aromatic N) is 3. The predicted molar refractivity (Wildman–Crippen MR) is 62.1 cm³/mol. The van der Waals surface area contributed by atoms with Crippen LogP contribution in [0.15, 0.2) is 18.5 Å². The van der Waals surface area contributed by atoms with E-state index in [1.807, 2.05) is 26.2 Å². The van der Waals surface area contributed by atoms with Crippen LogP contribution in [0.1, 0.15) is 5.69 Å². The molecular formula is C11H14N4O. The molecular weight excluding hydrogens is 204 g/mol. The molecule has 0 aliphatic carbocycles. The van der Waals surface area contributed by atoms with Crippen LogP contribution in [-0.4, -0.2) is 21.9 Å². The molecule has 0 fully saturated rings. The van der Waals surface area contributed by atoms with E-state index in [2.05, 4.69) is 10.1 Å². The van der Waals surface area contributed by atoms with Gasteiger partial charge < -0.3 is 10.5 Å². The minimum atomic E-state index is 0.392. The Morgan fingerprint density at radius 3 is 2.69 bits per heavy atom. The molecule has 2 rings (SSSR count). The van der Waals surface area contributed by atoms with Crippen molar-refractivity contribution >= 4 is 5.82 Å². The van der Waals surface area contributed by atoms with E-state index in [4.69, 9.17) is 10.5 Å². The highest BCUT2D eigenvalue weighted by molar-refractivity contribution is 5.76. The molecule has 5 nitrogen and oxygen atoms in total. The Morgan fingerprint density at radius 2 is 2.12 bits per heavy atom. The summed E-state index contributed by atoms with van der Waals surface area (Å²) in [7, 11) is 3.47. The molecule has 0 unspecified atom stereocenters. The van der Waals surface area contributed by atoms with Crippen LogP contribution in [0.25, 0.3) is 11.1 Å². The van der Waals surface area contributed by atoms with Crippen molar-refractivity contribution in [3.8, 4) is 16.9 Å². The van der Waals surface area contributed by atoms with Crippen molar-refractivity contribution in [2.24, 2.45) is 7.05 Å². The number of hydrogen-bond donors (Lipinski definition) is 1. The van der Waals surface area contributed by atoms with Crippen molar-refractivity contribution in [2.75, 3.05) is 12.8 Å². The lowest BCUT2D eigenvalue weighted by molar-refractivity contribution is 0.417. The van der Waals surface area contributed by atoms with Crippen molar-refractivity contribution in [3.63, 3.8) is 0 Å². The number of aromatic nitrogens is 3. The molecule has 0 aromatic carbocycles. The van der Waals surface area contributed by atoms with Crippen LogP contribution in [0.3, 0.4) is 0 Å². The van der Waals surface area contributed by atoms with Gasteiger partial charge in [0.1, 0.15) is 0 Å². The van der Waals surface area contributed by atoms with Gasteiger partial charge in [0.05, 0.1) is 12.8 Å². The maximum atomic E-state index is 5.76. The third kappa shape index (κ3) is 1.60. The van der Waals surface area contributed by atoms with Gasteiger partial charge in [0.15, 0.2) is 11.6 Å². The standard InChI is InChI=1S/C11H14N4O/c1-7-9(6-15(2)14-7)8-4-5-13-11(12)10(8)16-3/h4-6H,1-3H3,(H2,12,13). The Kier molecular flexibility index (Phi) is 2.52. The SMILES string of the molecule is COc1c(-c2cn(C)nc2C)ccnc1N. The molecule has 0 aliphatic rings. The average Bonchev–Trinajstić information content (AvgIpc) is 2.57. The Hall–Kier alpha value is -2.04. The van der Waals surface area contributed by atoms with E-state index in [0.29, 0.717) is 11.6 Å². The molecule has 2 heterocycles. The van der Waals surface area contributed by atoms with E-state index >= 15 is 0 Å². The van der Waals surface area contributed by atoms with Gasteiger partial charge in [-0.15, -0.1) is 0 Å². The molecule has 5 heteroatoms. The summed E-state index contributed by atoms with van der Waals surface area (Å²) in [5, 5.41) is 4.29. The second kappa shape index (κ2) is 3.84. The van der Waals surface area contributed by atoms with Crippen LogP contribution in [-0.2, 0) is 7.05 Å². The summed E-state index contributed by atoms with van der Waals surface area (Å²) in [6.45, 7) is 1.95. The fraction of sp³-hybridized carbons (Fsp3) is 0.273. The van der Waals surface area contributed by atoms with Crippen molar-refractivity contribution < 1.29 is 4.74 Å². The molecule has 0 bridgehead atoms. The predicted octanol–water partition coefficient (Wildman–Crippen LogP) is 1.38. The number of anilines is 1. The third-order valence-electron chi connectivity index (χ3n) is 2.44. The number of ether oxygens (including phenoxy) is 1. The zero-order valence-electron chi connectivity index (χ0n) is 9.56. The van der Waals surface area contributed by atoms with E-state index in [9.17, 15) is 0 Å². The van der Waals surface area contributed by atoms with Crippen LogP contribution in [0.2, 0.25) is 0 Å². The molecule has 0 radical (unpaired) electrons. The summed E-state index contributed by atoms with van der Waals surface area (Å²) in [6, 6.07) is 1.87. The van der Waals surface area contributed by atoms with Crippen LogP contribution in [0, 0.1) is 6.92 Å². The average molecular weight is 218 g/mol. The number of nitrogen functional groups attached to an aromatic ring is 1. The number of aryl methyl sites for hydroxylation is 2. The molecule has 0 spiro atoms. The summed E-state index contributed by atoms with van der Waals surface area (Å²) in [6.07, 6.45) is 3.60. The first-order valence-corrected chi connectivity index (χ1v) is 4.92. The first kappa shape index (κ1) is 10.5. The zero-order valence-corrected chi connectivity index (χ0v) is 9.56. The highest BCUT2D eigenvalue weighted by atomic mass is 16.5. The van der Waals surface area contributed by atoms with E-state index < -0.39 is 0 Å². The number of rotatable bonds is 2. The number of nitrogens with two attached hydrogens (primary N) is 1. The molecule has 84 valence electrons. The largest absolute Gasteiger partial charge is 0.492 e. The Morgan fingerprint density at radius 1 is 1.38 bits per heavy atom. The van der Waals surface area contributed by atoms with Gasteiger partial charge in [-0.1, -0.05) is 0 Å². The molecule has 0 saturated heterocycles. The fourth-order valence-corrected chi connectivity index (χ4v) is 1.76. The molecule has 0 atom stereocenters. The fourth-order valence-electron chi connectivity index (χ4n) is 1.76. The van der Waals surface area contributed by atoms with Gasteiger partial charge >= 0.3 is 0 Å². The van der Waals surface area contributed by atoms with Crippen molar-refractivity contribution in [1.29, 1.82) is 0 Å².